The van der Waals surface area contributed by atoms with Crippen molar-refractivity contribution in [3.63, 3.8) is 0 Å². The minimum absolute atomic E-state index is 0.884. The maximum absolute atomic E-state index is 2.56. The Hall–Kier alpha value is 2.37. The topological polar surface area (TPSA) is 3.24 Å². The highest BCUT2D eigenvalue weighted by Gasteiger charge is 2.21. The highest BCUT2D eigenvalue weighted by molar-refractivity contribution is 14.4. The van der Waals surface area contributed by atoms with Gasteiger partial charge in [-0.05, 0) is 14.1 Å². The summed E-state index contributed by atoms with van der Waals surface area (Å²) in [5.74, 6) is 0. The summed E-state index contributed by atoms with van der Waals surface area (Å²) in [5.41, 5.74) is 0. The molecule has 0 rings (SSSR count). The third-order valence-corrected chi connectivity index (χ3v) is 4.56. The first kappa shape index (κ1) is 10.4. The fraction of sp³-hybridized carbons (Fsp3) is 1.00. The lowest BCUT2D eigenvalue weighted by molar-refractivity contribution is 0.479. The SMILES string of the molecule is CN(C)C[Si](I)(I)I. The first-order valence-corrected chi connectivity index (χ1v) is 13.7. The lowest BCUT2D eigenvalue weighted by atomic mass is 11.0. The van der Waals surface area contributed by atoms with Gasteiger partial charge in [0.05, 0.1) is 0 Å². The zero-order valence-corrected chi connectivity index (χ0v) is 12.3. The van der Waals surface area contributed by atoms with E-state index in [0.717, 1.165) is 0 Å². The van der Waals surface area contributed by atoms with Gasteiger partial charge in [-0.1, -0.05) is 65.4 Å². The molecular formula is C3H8I3NSi. The summed E-state index contributed by atoms with van der Waals surface area (Å²) < 4.78 is -0.884. The Balaban J connectivity index is 3.39. The monoisotopic (exact) mass is 467 g/mol. The third-order valence-electron chi connectivity index (χ3n) is 0.496. The molecule has 0 unspecified atom stereocenters. The van der Waals surface area contributed by atoms with Gasteiger partial charge in [0, 0.05) is 6.17 Å². The van der Waals surface area contributed by atoms with Crippen LogP contribution in [0.4, 0.5) is 0 Å². The van der Waals surface area contributed by atoms with Crippen molar-refractivity contribution in [2.24, 2.45) is 0 Å². The van der Waals surface area contributed by atoms with E-state index in [1.807, 2.05) is 0 Å². The molecule has 0 saturated heterocycles. The van der Waals surface area contributed by atoms with E-state index in [1.165, 1.54) is 6.17 Å². The van der Waals surface area contributed by atoms with Gasteiger partial charge in [0.2, 0.25) is 0 Å². The lowest BCUT2D eigenvalue weighted by Crippen LogP contribution is -2.27. The molecule has 0 heterocycles. The molecular weight excluding hydrogens is 459 g/mol. The average Bonchev–Trinajstić information content (AvgIpc) is 1.21. The summed E-state index contributed by atoms with van der Waals surface area (Å²) in [4.78, 5) is 2.25. The molecule has 0 aromatic rings. The van der Waals surface area contributed by atoms with Crippen molar-refractivity contribution in [2.75, 3.05) is 20.3 Å². The maximum atomic E-state index is 2.56. The average molecular weight is 467 g/mol. The molecule has 0 aromatic heterocycles. The number of hydrogen-bond donors (Lipinski definition) is 0. The normalized spacial score (nSPS) is 12.8. The second-order valence-electron chi connectivity index (χ2n) is 1.85. The van der Waals surface area contributed by atoms with E-state index in [2.05, 4.69) is 84.4 Å². The van der Waals surface area contributed by atoms with Crippen LogP contribution in [0.2, 0.25) is 0 Å². The van der Waals surface area contributed by atoms with Crippen LogP contribution in [0.5, 0.6) is 0 Å². The van der Waals surface area contributed by atoms with E-state index < -0.39 is 0.564 Å². The molecule has 0 radical (unpaired) electrons. The van der Waals surface area contributed by atoms with Gasteiger partial charge in [0.1, 0.15) is 0 Å². The lowest BCUT2D eigenvalue weighted by Gasteiger charge is -2.14. The highest BCUT2D eigenvalue weighted by Crippen LogP contribution is 2.29. The first-order valence-electron chi connectivity index (χ1n) is 2.13. The van der Waals surface area contributed by atoms with Gasteiger partial charge in [-0.2, -0.15) is 0 Å². The summed E-state index contributed by atoms with van der Waals surface area (Å²) in [6.45, 7) is 0. The Morgan fingerprint density at radius 3 is 1.62 bits per heavy atom. The van der Waals surface area contributed by atoms with Crippen molar-refractivity contribution in [3.05, 3.63) is 0 Å². The molecule has 0 bridgehead atoms. The smallest absolute Gasteiger partial charge is 0.266 e. The molecule has 0 spiro atoms. The summed E-state index contributed by atoms with van der Waals surface area (Å²) in [6.07, 6.45) is 1.26. The van der Waals surface area contributed by atoms with Gasteiger partial charge in [0.25, 0.3) is 0.564 Å². The minimum Gasteiger partial charge on any atom is -0.310 e. The van der Waals surface area contributed by atoms with Crippen LogP contribution < -0.4 is 0 Å². The van der Waals surface area contributed by atoms with E-state index in [1.54, 1.807) is 0 Å². The van der Waals surface area contributed by atoms with Gasteiger partial charge in [-0.3, -0.25) is 0 Å². The number of halogens is 3. The van der Waals surface area contributed by atoms with Crippen LogP contribution in [0, 0.1) is 0 Å². The Morgan fingerprint density at radius 2 is 1.62 bits per heavy atom. The molecule has 0 aliphatic rings. The molecule has 0 N–H and O–H groups in total. The Kier molecular flexibility index (Phi) is 5.56. The van der Waals surface area contributed by atoms with E-state index in [9.17, 15) is 0 Å². The van der Waals surface area contributed by atoms with Crippen molar-refractivity contribution in [1.82, 2.24) is 4.90 Å². The molecule has 0 aliphatic heterocycles. The predicted octanol–water partition coefficient (Wildman–Crippen LogP) is 2.33. The molecule has 5 heteroatoms. The van der Waals surface area contributed by atoms with Gasteiger partial charge in [-0.25, -0.2) is 0 Å². The van der Waals surface area contributed by atoms with Crippen LogP contribution in [0.25, 0.3) is 0 Å². The van der Waals surface area contributed by atoms with Crippen molar-refractivity contribution in [2.45, 2.75) is 0 Å². The second kappa shape index (κ2) is 4.29. The largest absolute Gasteiger partial charge is 0.310 e. The quantitative estimate of drug-likeness (QED) is 0.343. The molecule has 0 aromatic carbocycles. The van der Waals surface area contributed by atoms with Crippen LogP contribution >= 0.6 is 65.4 Å². The van der Waals surface area contributed by atoms with Gasteiger partial charge >= 0.3 is 0 Å². The molecule has 0 saturated carbocycles. The predicted molar refractivity (Wildman–Crippen MR) is 66.4 cm³/mol. The molecule has 8 heavy (non-hydrogen) atoms. The summed E-state index contributed by atoms with van der Waals surface area (Å²) >= 11 is 7.69. The molecule has 1 nitrogen and oxygen atoms in total. The number of hydrogen-bond acceptors (Lipinski definition) is 1. The second-order valence-corrected chi connectivity index (χ2v) is 38.6. The standard InChI is InChI=1S/C3H8I3NSi/c1-7(2)3-8(4,5)6/h3H2,1-2H3. The van der Waals surface area contributed by atoms with Gasteiger partial charge < -0.3 is 4.90 Å². The summed E-state index contributed by atoms with van der Waals surface area (Å²) in [5, 5.41) is 0. The number of nitrogens with zero attached hydrogens (tertiary/aromatic N) is 1. The Labute approximate surface area is 89.6 Å². The maximum Gasteiger partial charge on any atom is 0.266 e. The highest BCUT2D eigenvalue weighted by atomic mass is 127. The van der Waals surface area contributed by atoms with Crippen LogP contribution in [0.15, 0.2) is 0 Å². The van der Waals surface area contributed by atoms with E-state index >= 15 is 0 Å². The van der Waals surface area contributed by atoms with E-state index in [0.29, 0.717) is 0 Å². The van der Waals surface area contributed by atoms with Gasteiger partial charge in [-0.15, -0.1) is 0 Å². The molecule has 0 fully saturated rings. The van der Waals surface area contributed by atoms with Crippen LogP contribution in [0.1, 0.15) is 0 Å². The molecule has 0 aliphatic carbocycles. The molecule has 50 valence electrons. The van der Waals surface area contributed by atoms with Crippen LogP contribution in [-0.2, 0) is 0 Å². The van der Waals surface area contributed by atoms with Crippen molar-refractivity contribution in [3.8, 4) is 0 Å². The first-order chi connectivity index (χ1) is 3.42. The van der Waals surface area contributed by atoms with Crippen LogP contribution in [-0.4, -0.2) is 25.7 Å². The summed E-state index contributed by atoms with van der Waals surface area (Å²) in [6, 6.07) is 0. The van der Waals surface area contributed by atoms with Crippen molar-refractivity contribution < 1.29 is 0 Å². The zero-order valence-electron chi connectivity index (χ0n) is 4.79. The fourth-order valence-electron chi connectivity index (χ4n) is 0.359. The Morgan fingerprint density at radius 1 is 1.25 bits per heavy atom. The molecule has 0 amide bonds. The van der Waals surface area contributed by atoms with Crippen molar-refractivity contribution in [1.29, 1.82) is 0 Å². The number of rotatable bonds is 2. The third kappa shape index (κ3) is 8.37. The summed E-state index contributed by atoms with van der Waals surface area (Å²) in [7, 11) is 4.25. The molecule has 0 atom stereocenters. The van der Waals surface area contributed by atoms with Crippen LogP contribution in [0.3, 0.4) is 0 Å². The minimum atomic E-state index is -0.884. The Bertz CT molecular complexity index is 69.4. The fourth-order valence-corrected chi connectivity index (χ4v) is 7.22. The van der Waals surface area contributed by atoms with Crippen molar-refractivity contribution >= 4 is 66.0 Å². The van der Waals surface area contributed by atoms with E-state index in [-0.39, 0.29) is 0 Å². The van der Waals surface area contributed by atoms with E-state index in [4.69, 9.17) is 0 Å². The zero-order chi connectivity index (χ0) is 6.78. The van der Waals surface area contributed by atoms with Gasteiger partial charge in [0.15, 0.2) is 0 Å².